The summed E-state index contributed by atoms with van der Waals surface area (Å²) in [5.41, 5.74) is 3.89. The average molecular weight is 584 g/mol. The van der Waals surface area contributed by atoms with Crippen molar-refractivity contribution >= 4 is 68.2 Å². The van der Waals surface area contributed by atoms with Gasteiger partial charge in [0.05, 0.1) is 17.3 Å². The van der Waals surface area contributed by atoms with Crippen molar-refractivity contribution in [1.29, 1.82) is 0 Å². The van der Waals surface area contributed by atoms with Gasteiger partial charge < -0.3 is 4.74 Å². The zero-order chi connectivity index (χ0) is 20.8. The van der Waals surface area contributed by atoms with Crippen molar-refractivity contribution < 1.29 is 14.3 Å². The summed E-state index contributed by atoms with van der Waals surface area (Å²) < 4.78 is 7.07. The Morgan fingerprint density at radius 1 is 1.07 bits per heavy atom. The molecule has 0 saturated carbocycles. The minimum absolute atomic E-state index is 0.306. The molecule has 3 aromatic carbocycles. The lowest BCUT2D eigenvalue weighted by atomic mass is 10.2. The van der Waals surface area contributed by atoms with Crippen molar-refractivity contribution in [3.05, 3.63) is 96.5 Å². The van der Waals surface area contributed by atoms with Gasteiger partial charge in [0.1, 0.15) is 5.75 Å². The molecule has 0 bridgehead atoms. The lowest BCUT2D eigenvalue weighted by molar-refractivity contribution is 0.0734. The number of rotatable bonds is 5. The summed E-state index contributed by atoms with van der Waals surface area (Å²) in [6, 6.07) is 18.7. The summed E-state index contributed by atoms with van der Waals surface area (Å²) in [4.78, 5) is 24.6. The number of nitrogens with zero attached hydrogens (tertiary/aromatic N) is 1. The molecule has 0 aliphatic rings. The molecule has 0 atom stereocenters. The highest BCUT2D eigenvalue weighted by Gasteiger charge is 2.12. The van der Waals surface area contributed by atoms with Crippen LogP contribution >= 0.6 is 50.1 Å². The molecule has 3 rings (SSSR count). The van der Waals surface area contributed by atoms with Crippen LogP contribution in [0.3, 0.4) is 0 Å². The van der Waals surface area contributed by atoms with Gasteiger partial charge in [0, 0.05) is 18.6 Å². The maximum absolute atomic E-state index is 12.4. The van der Waals surface area contributed by atoms with Gasteiger partial charge in [-0.15, -0.1) is 0 Å². The van der Waals surface area contributed by atoms with Gasteiger partial charge in [-0.25, -0.2) is 10.2 Å². The van der Waals surface area contributed by atoms with E-state index in [0.29, 0.717) is 27.5 Å². The van der Waals surface area contributed by atoms with E-state index in [2.05, 4.69) is 49.0 Å². The third kappa shape index (κ3) is 5.88. The first-order valence-corrected chi connectivity index (χ1v) is 10.5. The van der Waals surface area contributed by atoms with E-state index in [1.807, 2.05) is 12.1 Å². The summed E-state index contributed by atoms with van der Waals surface area (Å²) in [6.07, 6.45) is 1.42. The fraction of sp³-hybridized carbons (Fsp3) is 0. The van der Waals surface area contributed by atoms with E-state index in [1.165, 1.54) is 6.21 Å². The number of esters is 1. The smallest absolute Gasteiger partial charge is 0.343 e. The monoisotopic (exact) mass is 582 g/mol. The number of carbonyl (C=O) groups is 2. The largest absolute Gasteiger partial charge is 0.422 e. The van der Waals surface area contributed by atoms with Crippen LogP contribution in [0.25, 0.3) is 0 Å². The standard InChI is InChI=1S/C21H13BrClIN2O3/c22-15-7-10-19(29-21(28)13-5-8-16(23)9-6-13)14(11-15)12-25-26-20(27)17-3-1-2-4-18(17)24/h1-12H,(H,26,27)/b25-12-. The van der Waals surface area contributed by atoms with Crippen LogP contribution in [0.2, 0.25) is 5.02 Å². The van der Waals surface area contributed by atoms with Crippen LogP contribution in [0, 0.1) is 3.57 Å². The molecule has 0 aliphatic heterocycles. The van der Waals surface area contributed by atoms with Gasteiger partial charge in [-0.1, -0.05) is 39.7 Å². The lowest BCUT2D eigenvalue weighted by Crippen LogP contribution is -2.18. The molecule has 29 heavy (non-hydrogen) atoms. The SMILES string of the molecule is O=C(Oc1ccc(Br)cc1/C=N\NC(=O)c1ccccc1I)c1ccc(Cl)cc1. The van der Waals surface area contributed by atoms with Crippen molar-refractivity contribution in [2.24, 2.45) is 5.10 Å². The summed E-state index contributed by atoms with van der Waals surface area (Å²) in [7, 11) is 0. The molecule has 0 saturated heterocycles. The van der Waals surface area contributed by atoms with Gasteiger partial charge in [-0.2, -0.15) is 5.10 Å². The normalized spacial score (nSPS) is 10.7. The molecule has 1 amide bonds. The predicted molar refractivity (Wildman–Crippen MR) is 125 cm³/mol. The summed E-state index contributed by atoms with van der Waals surface area (Å²) in [5.74, 6) is -0.553. The lowest BCUT2D eigenvalue weighted by Gasteiger charge is -2.08. The molecule has 0 aliphatic carbocycles. The molecule has 0 heterocycles. The maximum atomic E-state index is 12.4. The molecule has 8 heteroatoms. The van der Waals surface area contributed by atoms with E-state index in [1.54, 1.807) is 54.6 Å². The fourth-order valence-electron chi connectivity index (χ4n) is 2.32. The minimum Gasteiger partial charge on any atom is -0.422 e. The summed E-state index contributed by atoms with van der Waals surface area (Å²) in [5, 5.41) is 4.52. The van der Waals surface area contributed by atoms with Crippen LogP contribution in [-0.4, -0.2) is 18.1 Å². The van der Waals surface area contributed by atoms with Crippen molar-refractivity contribution in [2.75, 3.05) is 0 Å². The van der Waals surface area contributed by atoms with Gasteiger partial charge in [-0.3, -0.25) is 4.79 Å². The highest BCUT2D eigenvalue weighted by atomic mass is 127. The number of hydrazone groups is 1. The topological polar surface area (TPSA) is 67.8 Å². The number of hydrogen-bond donors (Lipinski definition) is 1. The number of amides is 1. The van der Waals surface area contributed by atoms with Gasteiger partial charge in [0.15, 0.2) is 0 Å². The van der Waals surface area contributed by atoms with E-state index in [4.69, 9.17) is 16.3 Å². The van der Waals surface area contributed by atoms with Crippen LogP contribution in [-0.2, 0) is 0 Å². The number of nitrogens with one attached hydrogen (secondary N) is 1. The Balaban J connectivity index is 1.75. The second-order valence-corrected chi connectivity index (χ2v) is 8.27. The van der Waals surface area contributed by atoms with Crippen molar-refractivity contribution in [1.82, 2.24) is 5.43 Å². The third-order valence-electron chi connectivity index (χ3n) is 3.74. The van der Waals surface area contributed by atoms with E-state index >= 15 is 0 Å². The molecular formula is C21H13BrClIN2O3. The number of ether oxygens (including phenoxy) is 1. The zero-order valence-electron chi connectivity index (χ0n) is 14.7. The number of halogens is 3. The van der Waals surface area contributed by atoms with Gasteiger partial charge in [0.2, 0.25) is 0 Å². The Bertz CT molecular complexity index is 1090. The number of hydrogen-bond acceptors (Lipinski definition) is 4. The predicted octanol–water partition coefficient (Wildman–Crippen LogP) is 5.69. The molecule has 0 spiro atoms. The third-order valence-corrected chi connectivity index (χ3v) is 5.43. The molecule has 0 aromatic heterocycles. The van der Waals surface area contributed by atoms with Crippen LogP contribution < -0.4 is 10.2 Å². The van der Waals surface area contributed by atoms with Crippen LogP contribution in [0.15, 0.2) is 76.3 Å². The first-order valence-electron chi connectivity index (χ1n) is 8.29. The molecule has 3 aromatic rings. The van der Waals surface area contributed by atoms with Gasteiger partial charge in [-0.05, 0) is 77.2 Å². The quantitative estimate of drug-likeness (QED) is 0.138. The highest BCUT2D eigenvalue weighted by molar-refractivity contribution is 14.1. The zero-order valence-corrected chi connectivity index (χ0v) is 19.2. The molecule has 0 unspecified atom stereocenters. The fourth-order valence-corrected chi connectivity index (χ4v) is 3.46. The van der Waals surface area contributed by atoms with E-state index in [-0.39, 0.29) is 5.91 Å². The van der Waals surface area contributed by atoms with Crippen LogP contribution in [0.1, 0.15) is 26.3 Å². The average Bonchev–Trinajstić information content (AvgIpc) is 2.70. The Hall–Kier alpha value is -2.23. The van der Waals surface area contributed by atoms with Crippen molar-refractivity contribution in [2.45, 2.75) is 0 Å². The molecule has 0 fully saturated rings. The molecular weight excluding hydrogens is 571 g/mol. The highest BCUT2D eigenvalue weighted by Crippen LogP contribution is 2.23. The summed E-state index contributed by atoms with van der Waals surface area (Å²) in [6.45, 7) is 0. The molecule has 0 radical (unpaired) electrons. The van der Waals surface area contributed by atoms with Crippen LogP contribution in [0.4, 0.5) is 0 Å². The maximum Gasteiger partial charge on any atom is 0.343 e. The Kier molecular flexibility index (Phi) is 7.40. The molecule has 5 nitrogen and oxygen atoms in total. The molecule has 1 N–H and O–H groups in total. The minimum atomic E-state index is -0.526. The van der Waals surface area contributed by atoms with E-state index in [9.17, 15) is 9.59 Å². The van der Waals surface area contributed by atoms with Crippen LogP contribution in [0.5, 0.6) is 5.75 Å². The Labute approximate surface area is 194 Å². The van der Waals surface area contributed by atoms with E-state index in [0.717, 1.165) is 8.04 Å². The molecule has 146 valence electrons. The number of benzene rings is 3. The summed E-state index contributed by atoms with van der Waals surface area (Å²) >= 11 is 11.3. The van der Waals surface area contributed by atoms with Gasteiger partial charge >= 0.3 is 5.97 Å². The first-order chi connectivity index (χ1) is 13.9. The van der Waals surface area contributed by atoms with Gasteiger partial charge in [0.25, 0.3) is 5.91 Å². The second kappa shape index (κ2) is 10.00. The van der Waals surface area contributed by atoms with Crippen molar-refractivity contribution in [3.63, 3.8) is 0 Å². The Morgan fingerprint density at radius 2 is 1.79 bits per heavy atom. The second-order valence-electron chi connectivity index (χ2n) is 5.76. The van der Waals surface area contributed by atoms with E-state index < -0.39 is 5.97 Å². The van der Waals surface area contributed by atoms with Crippen molar-refractivity contribution in [3.8, 4) is 5.75 Å². The number of carbonyl (C=O) groups excluding carboxylic acids is 2. The first kappa shape index (κ1) is 21.5. The Morgan fingerprint density at radius 3 is 2.52 bits per heavy atom.